The molecule has 108 valence electrons. The number of rotatable bonds is 2. The van der Waals surface area contributed by atoms with E-state index >= 15 is 0 Å². The molecule has 0 amide bonds. The SMILES string of the molecule is CN1CCN(c2ccc([N+](=O)[O-])c(I)c2)c2ccccc21. The van der Waals surface area contributed by atoms with E-state index in [2.05, 4.69) is 29.0 Å². The van der Waals surface area contributed by atoms with Gasteiger partial charge in [-0.3, -0.25) is 10.1 Å². The van der Waals surface area contributed by atoms with Crippen molar-refractivity contribution in [3.63, 3.8) is 0 Å². The fraction of sp³-hybridized carbons (Fsp3) is 0.200. The quantitative estimate of drug-likeness (QED) is 0.441. The van der Waals surface area contributed by atoms with Gasteiger partial charge in [-0.05, 0) is 46.9 Å². The summed E-state index contributed by atoms with van der Waals surface area (Å²) in [5.41, 5.74) is 3.46. The predicted molar refractivity (Wildman–Crippen MR) is 92.5 cm³/mol. The van der Waals surface area contributed by atoms with Gasteiger partial charge in [0.15, 0.2) is 0 Å². The molecule has 5 nitrogen and oxygen atoms in total. The number of benzene rings is 2. The van der Waals surface area contributed by atoms with Crippen molar-refractivity contribution in [2.24, 2.45) is 0 Å². The molecule has 2 aromatic rings. The van der Waals surface area contributed by atoms with E-state index in [9.17, 15) is 10.1 Å². The van der Waals surface area contributed by atoms with Crippen LogP contribution in [0.15, 0.2) is 42.5 Å². The van der Waals surface area contributed by atoms with Gasteiger partial charge < -0.3 is 9.80 Å². The number of fused-ring (bicyclic) bond motifs is 1. The largest absolute Gasteiger partial charge is 0.371 e. The van der Waals surface area contributed by atoms with Gasteiger partial charge in [-0.25, -0.2) is 0 Å². The van der Waals surface area contributed by atoms with Crippen molar-refractivity contribution in [3.8, 4) is 0 Å². The summed E-state index contributed by atoms with van der Waals surface area (Å²) < 4.78 is 0.659. The highest BCUT2D eigenvalue weighted by molar-refractivity contribution is 14.1. The first kappa shape index (κ1) is 14.1. The maximum atomic E-state index is 10.9. The van der Waals surface area contributed by atoms with Gasteiger partial charge in [0.2, 0.25) is 0 Å². The molecule has 1 aliphatic rings. The first-order chi connectivity index (χ1) is 10.1. The van der Waals surface area contributed by atoms with Crippen LogP contribution in [0.2, 0.25) is 0 Å². The Kier molecular flexibility index (Phi) is 3.71. The molecule has 0 bridgehead atoms. The standard InChI is InChI=1S/C15H14IN3O2/c1-17-8-9-18(15-5-3-2-4-14(15)17)11-6-7-13(19(20)21)12(16)10-11/h2-7,10H,8-9H2,1H3. The fourth-order valence-electron chi connectivity index (χ4n) is 2.59. The molecule has 2 aromatic carbocycles. The van der Waals surface area contributed by atoms with Crippen LogP contribution in [0.5, 0.6) is 0 Å². The summed E-state index contributed by atoms with van der Waals surface area (Å²) in [6, 6.07) is 13.5. The first-order valence-corrected chi connectivity index (χ1v) is 7.67. The molecule has 21 heavy (non-hydrogen) atoms. The van der Waals surface area contributed by atoms with E-state index in [4.69, 9.17) is 0 Å². The summed E-state index contributed by atoms with van der Waals surface area (Å²) in [5, 5.41) is 10.9. The lowest BCUT2D eigenvalue weighted by Gasteiger charge is -2.37. The van der Waals surface area contributed by atoms with Crippen LogP contribution in [-0.4, -0.2) is 25.1 Å². The van der Waals surface area contributed by atoms with E-state index in [1.54, 1.807) is 6.07 Å². The van der Waals surface area contributed by atoms with E-state index < -0.39 is 0 Å². The summed E-state index contributed by atoms with van der Waals surface area (Å²) >= 11 is 2.02. The van der Waals surface area contributed by atoms with Crippen molar-refractivity contribution in [2.75, 3.05) is 29.9 Å². The molecular formula is C15H14IN3O2. The summed E-state index contributed by atoms with van der Waals surface area (Å²) in [6.45, 7) is 1.78. The molecule has 3 rings (SSSR count). The minimum absolute atomic E-state index is 0.154. The van der Waals surface area contributed by atoms with Gasteiger partial charge in [0.1, 0.15) is 0 Å². The molecular weight excluding hydrogens is 381 g/mol. The van der Waals surface area contributed by atoms with Crippen molar-refractivity contribution in [1.29, 1.82) is 0 Å². The van der Waals surface area contributed by atoms with Crippen LogP contribution in [0.4, 0.5) is 22.7 Å². The molecule has 0 spiro atoms. The fourth-order valence-corrected chi connectivity index (χ4v) is 3.28. The molecule has 0 N–H and O–H groups in total. The Balaban J connectivity index is 2.04. The van der Waals surface area contributed by atoms with E-state index in [0.717, 1.165) is 24.5 Å². The van der Waals surface area contributed by atoms with E-state index in [-0.39, 0.29) is 10.6 Å². The third-order valence-corrected chi connectivity index (χ3v) is 4.55. The highest BCUT2D eigenvalue weighted by atomic mass is 127. The normalized spacial score (nSPS) is 14.0. The zero-order chi connectivity index (χ0) is 15.0. The van der Waals surface area contributed by atoms with E-state index in [1.807, 2.05) is 46.9 Å². The maximum absolute atomic E-state index is 10.9. The summed E-state index contributed by atoms with van der Waals surface area (Å²) in [6.07, 6.45) is 0. The second-order valence-corrected chi connectivity index (χ2v) is 6.12. The van der Waals surface area contributed by atoms with Crippen LogP contribution in [0.25, 0.3) is 0 Å². The maximum Gasteiger partial charge on any atom is 0.282 e. The first-order valence-electron chi connectivity index (χ1n) is 6.59. The predicted octanol–water partition coefficient (Wildman–Crippen LogP) is 3.79. The smallest absolute Gasteiger partial charge is 0.282 e. The Hall–Kier alpha value is -1.83. The molecule has 1 heterocycles. The van der Waals surface area contributed by atoms with Crippen molar-refractivity contribution in [1.82, 2.24) is 0 Å². The topological polar surface area (TPSA) is 49.6 Å². The van der Waals surface area contributed by atoms with E-state index in [1.165, 1.54) is 5.69 Å². The second kappa shape index (κ2) is 5.51. The van der Waals surface area contributed by atoms with Gasteiger partial charge >= 0.3 is 0 Å². The number of nitrogens with zero attached hydrogens (tertiary/aromatic N) is 3. The molecule has 6 heteroatoms. The summed E-state index contributed by atoms with van der Waals surface area (Å²) in [5.74, 6) is 0. The minimum atomic E-state index is -0.344. The van der Waals surface area contributed by atoms with Crippen LogP contribution in [0.1, 0.15) is 0 Å². The lowest BCUT2D eigenvalue weighted by molar-refractivity contribution is -0.385. The third kappa shape index (κ3) is 2.55. The summed E-state index contributed by atoms with van der Waals surface area (Å²) in [7, 11) is 2.08. The number of nitro benzene ring substituents is 1. The van der Waals surface area contributed by atoms with Crippen molar-refractivity contribution in [2.45, 2.75) is 0 Å². The molecule has 0 fully saturated rings. The monoisotopic (exact) mass is 395 g/mol. The lowest BCUT2D eigenvalue weighted by Crippen LogP contribution is -2.36. The molecule has 1 aliphatic heterocycles. The summed E-state index contributed by atoms with van der Waals surface area (Å²) in [4.78, 5) is 15.0. The molecule has 0 unspecified atom stereocenters. The van der Waals surface area contributed by atoms with E-state index in [0.29, 0.717) is 3.57 Å². The number of nitro groups is 1. The lowest BCUT2D eigenvalue weighted by atomic mass is 10.1. The molecule has 0 saturated heterocycles. The Morgan fingerprint density at radius 3 is 2.52 bits per heavy atom. The Morgan fingerprint density at radius 2 is 1.86 bits per heavy atom. The van der Waals surface area contributed by atoms with Gasteiger partial charge in [0.25, 0.3) is 5.69 Å². The zero-order valence-electron chi connectivity index (χ0n) is 11.5. The third-order valence-electron chi connectivity index (χ3n) is 3.68. The molecule has 0 aliphatic carbocycles. The molecule has 0 saturated carbocycles. The Bertz CT molecular complexity index is 705. The van der Waals surface area contributed by atoms with Gasteiger partial charge in [-0.15, -0.1) is 0 Å². The number of anilines is 3. The number of likely N-dealkylation sites (N-methyl/N-ethyl adjacent to an activating group) is 1. The molecule has 0 radical (unpaired) electrons. The van der Waals surface area contributed by atoms with Gasteiger partial charge in [-0.1, -0.05) is 12.1 Å². The minimum Gasteiger partial charge on any atom is -0.371 e. The van der Waals surface area contributed by atoms with Crippen LogP contribution >= 0.6 is 22.6 Å². The number of halogens is 1. The average Bonchev–Trinajstić information content (AvgIpc) is 2.47. The number of hydrogen-bond donors (Lipinski definition) is 0. The molecule has 0 atom stereocenters. The van der Waals surface area contributed by atoms with Crippen LogP contribution < -0.4 is 9.80 Å². The van der Waals surface area contributed by atoms with Crippen molar-refractivity contribution < 1.29 is 4.92 Å². The second-order valence-electron chi connectivity index (χ2n) is 4.95. The number of para-hydroxylation sites is 2. The highest BCUT2D eigenvalue weighted by Crippen LogP contribution is 2.38. The number of hydrogen-bond acceptors (Lipinski definition) is 4. The van der Waals surface area contributed by atoms with Gasteiger partial charge in [0, 0.05) is 31.9 Å². The van der Waals surface area contributed by atoms with Crippen LogP contribution in [0.3, 0.4) is 0 Å². The Morgan fingerprint density at radius 1 is 1.14 bits per heavy atom. The van der Waals surface area contributed by atoms with Crippen LogP contribution in [-0.2, 0) is 0 Å². The van der Waals surface area contributed by atoms with Crippen molar-refractivity contribution in [3.05, 3.63) is 56.1 Å². The van der Waals surface area contributed by atoms with Crippen LogP contribution in [0, 0.1) is 13.7 Å². The average molecular weight is 395 g/mol. The molecule has 0 aromatic heterocycles. The highest BCUT2D eigenvalue weighted by Gasteiger charge is 2.22. The van der Waals surface area contributed by atoms with Gasteiger partial charge in [0.05, 0.1) is 19.9 Å². The van der Waals surface area contributed by atoms with Crippen molar-refractivity contribution >= 4 is 45.3 Å². The van der Waals surface area contributed by atoms with Gasteiger partial charge in [-0.2, -0.15) is 0 Å². The Labute approximate surface area is 136 Å². The zero-order valence-corrected chi connectivity index (χ0v) is 13.6.